The summed E-state index contributed by atoms with van der Waals surface area (Å²) in [7, 11) is 2.02. The van der Waals surface area contributed by atoms with E-state index < -0.39 is 0 Å². The van der Waals surface area contributed by atoms with Crippen LogP contribution in [0.1, 0.15) is 18.4 Å². The molecule has 1 aliphatic rings. The summed E-state index contributed by atoms with van der Waals surface area (Å²) < 4.78 is 0. The first kappa shape index (κ1) is 15.4. The Hall–Kier alpha value is -2.12. The minimum absolute atomic E-state index is 0.568. The molecule has 0 amide bonds. The first-order valence-electron chi connectivity index (χ1n) is 7.83. The molecule has 4 rings (SSSR count). The standard InChI is InChI=1S/C17H17N5S2/c1-10-7-14(24-9-10)13-8-18-12-5-6-15(20-16(12)19-13)21-17(23)22(2)11-3-4-11/h5-9,11H,3-4H2,1-2H3,(H,19,20,21,23). The monoisotopic (exact) mass is 355 g/mol. The fourth-order valence-electron chi connectivity index (χ4n) is 2.48. The fraction of sp³-hybridized carbons (Fsp3) is 0.294. The number of pyridine rings is 1. The molecular weight excluding hydrogens is 338 g/mol. The normalized spacial score (nSPS) is 13.9. The highest BCUT2D eigenvalue weighted by Crippen LogP contribution is 2.27. The predicted molar refractivity (Wildman–Crippen MR) is 102 cm³/mol. The molecule has 3 heterocycles. The molecule has 0 radical (unpaired) electrons. The number of anilines is 1. The number of hydrogen-bond donors (Lipinski definition) is 1. The zero-order chi connectivity index (χ0) is 16.7. The molecule has 1 N–H and O–H groups in total. The second kappa shape index (κ2) is 6.07. The highest BCUT2D eigenvalue weighted by molar-refractivity contribution is 7.80. The number of hydrogen-bond acceptors (Lipinski definition) is 5. The summed E-state index contributed by atoms with van der Waals surface area (Å²) in [6, 6.07) is 6.49. The van der Waals surface area contributed by atoms with Gasteiger partial charge in [0, 0.05) is 13.1 Å². The molecular formula is C17H17N5S2. The Kier molecular flexibility index (Phi) is 3.90. The van der Waals surface area contributed by atoms with E-state index in [0.717, 1.165) is 16.1 Å². The third-order valence-corrected chi connectivity index (χ3v) is 5.50. The van der Waals surface area contributed by atoms with Crippen LogP contribution in [-0.4, -0.2) is 38.1 Å². The van der Waals surface area contributed by atoms with Gasteiger partial charge in [-0.2, -0.15) is 0 Å². The third kappa shape index (κ3) is 3.09. The molecule has 0 bridgehead atoms. The number of nitrogens with zero attached hydrogens (tertiary/aromatic N) is 4. The van der Waals surface area contributed by atoms with Crippen LogP contribution in [0.15, 0.2) is 29.8 Å². The number of thiophene rings is 1. The van der Waals surface area contributed by atoms with E-state index in [2.05, 4.69) is 43.5 Å². The van der Waals surface area contributed by atoms with Crippen molar-refractivity contribution < 1.29 is 0 Å². The summed E-state index contributed by atoms with van der Waals surface area (Å²) >= 11 is 7.11. The number of nitrogens with one attached hydrogen (secondary N) is 1. The smallest absolute Gasteiger partial charge is 0.180 e. The van der Waals surface area contributed by atoms with Gasteiger partial charge in [-0.15, -0.1) is 11.3 Å². The van der Waals surface area contributed by atoms with Gasteiger partial charge in [-0.3, -0.25) is 4.98 Å². The average Bonchev–Trinajstić information content (AvgIpc) is 3.34. The van der Waals surface area contributed by atoms with E-state index in [9.17, 15) is 0 Å². The van der Waals surface area contributed by atoms with Crippen molar-refractivity contribution in [2.24, 2.45) is 0 Å². The molecule has 0 aromatic carbocycles. The van der Waals surface area contributed by atoms with Gasteiger partial charge in [0.25, 0.3) is 0 Å². The van der Waals surface area contributed by atoms with Gasteiger partial charge in [0.1, 0.15) is 17.0 Å². The molecule has 3 aromatic heterocycles. The molecule has 1 aliphatic carbocycles. The average molecular weight is 355 g/mol. The van der Waals surface area contributed by atoms with Gasteiger partial charge < -0.3 is 10.2 Å². The summed E-state index contributed by atoms with van der Waals surface area (Å²) in [5, 5.41) is 6.01. The Labute approximate surface area is 149 Å². The van der Waals surface area contributed by atoms with Crippen LogP contribution in [0.3, 0.4) is 0 Å². The molecule has 0 aliphatic heterocycles. The van der Waals surface area contributed by atoms with E-state index in [1.165, 1.54) is 18.4 Å². The molecule has 0 spiro atoms. The van der Waals surface area contributed by atoms with Crippen LogP contribution in [-0.2, 0) is 0 Å². The largest absolute Gasteiger partial charge is 0.349 e. The van der Waals surface area contributed by atoms with E-state index in [1.807, 2.05) is 19.2 Å². The molecule has 7 heteroatoms. The van der Waals surface area contributed by atoms with E-state index in [0.29, 0.717) is 22.6 Å². The fourth-order valence-corrected chi connectivity index (χ4v) is 3.58. The molecule has 0 saturated heterocycles. The number of aryl methyl sites for hydroxylation is 1. The van der Waals surface area contributed by atoms with Crippen LogP contribution < -0.4 is 5.32 Å². The van der Waals surface area contributed by atoms with Gasteiger partial charge in [0.2, 0.25) is 0 Å². The molecule has 0 atom stereocenters. The second-order valence-corrected chi connectivity index (χ2v) is 7.35. The van der Waals surface area contributed by atoms with Gasteiger partial charge in [-0.05, 0) is 61.1 Å². The summed E-state index contributed by atoms with van der Waals surface area (Å²) in [4.78, 5) is 16.9. The van der Waals surface area contributed by atoms with Crippen LogP contribution in [0.5, 0.6) is 0 Å². The zero-order valence-corrected chi connectivity index (χ0v) is 15.1. The minimum atomic E-state index is 0.568. The van der Waals surface area contributed by atoms with Crippen molar-refractivity contribution in [2.45, 2.75) is 25.8 Å². The van der Waals surface area contributed by atoms with E-state index >= 15 is 0 Å². The van der Waals surface area contributed by atoms with Gasteiger partial charge in [-0.1, -0.05) is 0 Å². The third-order valence-electron chi connectivity index (χ3n) is 4.04. The Bertz CT molecular complexity index is 916. The summed E-state index contributed by atoms with van der Waals surface area (Å²) in [5.41, 5.74) is 3.48. The predicted octanol–water partition coefficient (Wildman–Crippen LogP) is 3.85. The molecule has 1 saturated carbocycles. The Morgan fingerprint density at radius 2 is 2.17 bits per heavy atom. The summed E-state index contributed by atoms with van der Waals surface area (Å²) in [5.74, 6) is 0.703. The molecule has 24 heavy (non-hydrogen) atoms. The topological polar surface area (TPSA) is 53.9 Å². The SMILES string of the molecule is Cc1csc(-c2cnc3ccc(NC(=S)N(C)C4CC4)nc3n2)c1. The Morgan fingerprint density at radius 3 is 2.88 bits per heavy atom. The lowest BCUT2D eigenvalue weighted by Crippen LogP contribution is -2.33. The highest BCUT2D eigenvalue weighted by Gasteiger charge is 2.27. The van der Waals surface area contributed by atoms with E-state index in [4.69, 9.17) is 12.2 Å². The zero-order valence-electron chi connectivity index (χ0n) is 13.5. The molecule has 0 unspecified atom stereocenters. The van der Waals surface area contributed by atoms with E-state index in [1.54, 1.807) is 17.5 Å². The molecule has 3 aromatic rings. The van der Waals surface area contributed by atoms with Gasteiger partial charge >= 0.3 is 0 Å². The van der Waals surface area contributed by atoms with Gasteiger partial charge in [-0.25, -0.2) is 9.97 Å². The molecule has 1 fully saturated rings. The maximum absolute atomic E-state index is 5.44. The van der Waals surface area contributed by atoms with Crippen molar-refractivity contribution in [2.75, 3.05) is 12.4 Å². The van der Waals surface area contributed by atoms with Crippen molar-refractivity contribution >= 4 is 45.6 Å². The number of thiocarbonyl (C=S) groups is 1. The minimum Gasteiger partial charge on any atom is -0.349 e. The van der Waals surface area contributed by atoms with Crippen LogP contribution in [0.25, 0.3) is 21.7 Å². The first-order chi connectivity index (χ1) is 11.6. The van der Waals surface area contributed by atoms with Gasteiger partial charge in [0.05, 0.1) is 11.1 Å². The number of fused-ring (bicyclic) bond motifs is 1. The van der Waals surface area contributed by atoms with Crippen LogP contribution in [0.4, 0.5) is 5.82 Å². The Morgan fingerprint density at radius 1 is 1.33 bits per heavy atom. The van der Waals surface area contributed by atoms with Gasteiger partial charge in [0.15, 0.2) is 10.8 Å². The van der Waals surface area contributed by atoms with Crippen molar-refractivity contribution in [3.8, 4) is 10.6 Å². The van der Waals surface area contributed by atoms with E-state index in [-0.39, 0.29) is 0 Å². The number of rotatable bonds is 3. The van der Waals surface area contributed by atoms with Crippen molar-refractivity contribution in [3.05, 3.63) is 35.3 Å². The molecule has 122 valence electrons. The van der Waals surface area contributed by atoms with Crippen molar-refractivity contribution in [1.82, 2.24) is 19.9 Å². The summed E-state index contributed by atoms with van der Waals surface area (Å²) in [6.07, 6.45) is 4.21. The van der Waals surface area contributed by atoms with Crippen molar-refractivity contribution in [1.29, 1.82) is 0 Å². The first-order valence-corrected chi connectivity index (χ1v) is 9.12. The lowest BCUT2D eigenvalue weighted by molar-refractivity contribution is 0.503. The molecule has 5 nitrogen and oxygen atoms in total. The maximum atomic E-state index is 5.44. The van der Waals surface area contributed by atoms with Crippen LogP contribution >= 0.6 is 23.6 Å². The Balaban J connectivity index is 1.62. The lowest BCUT2D eigenvalue weighted by Gasteiger charge is -2.19. The summed E-state index contributed by atoms with van der Waals surface area (Å²) in [6.45, 7) is 2.08. The van der Waals surface area contributed by atoms with Crippen LogP contribution in [0, 0.1) is 6.92 Å². The highest BCUT2D eigenvalue weighted by atomic mass is 32.1. The van der Waals surface area contributed by atoms with Crippen LogP contribution in [0.2, 0.25) is 0 Å². The van der Waals surface area contributed by atoms with Crippen molar-refractivity contribution in [3.63, 3.8) is 0 Å². The quantitative estimate of drug-likeness (QED) is 0.720. The second-order valence-electron chi connectivity index (χ2n) is 6.06. The maximum Gasteiger partial charge on any atom is 0.180 e. The number of aromatic nitrogens is 3. The lowest BCUT2D eigenvalue weighted by atomic mass is 10.3.